The molecule has 1 aromatic carbocycles. The van der Waals surface area contributed by atoms with Crippen LogP contribution in [0.4, 0.5) is 4.39 Å². The zero-order chi connectivity index (χ0) is 15.4. The molecule has 0 aliphatic carbocycles. The third-order valence-corrected chi connectivity index (χ3v) is 3.86. The van der Waals surface area contributed by atoms with E-state index < -0.39 is 0 Å². The van der Waals surface area contributed by atoms with Crippen LogP contribution in [0.1, 0.15) is 35.8 Å². The van der Waals surface area contributed by atoms with Crippen LogP contribution >= 0.6 is 15.9 Å². The summed E-state index contributed by atoms with van der Waals surface area (Å²) < 4.78 is 13.7. The number of halogens is 2. The van der Waals surface area contributed by atoms with Gasteiger partial charge in [-0.3, -0.25) is 4.79 Å². The van der Waals surface area contributed by atoms with Crippen LogP contribution in [0.2, 0.25) is 0 Å². The summed E-state index contributed by atoms with van der Waals surface area (Å²) in [5, 5.41) is 0. The fraction of sp³-hybridized carbons (Fsp3) is 0.250. The van der Waals surface area contributed by atoms with Crippen LogP contribution in [0.15, 0.2) is 47.2 Å². The smallest absolute Gasteiger partial charge is 0.255 e. The van der Waals surface area contributed by atoms with E-state index in [1.807, 2.05) is 13.8 Å². The summed E-state index contributed by atoms with van der Waals surface area (Å²) in [6.45, 7) is 4.42. The van der Waals surface area contributed by atoms with Gasteiger partial charge in [-0.25, -0.2) is 9.37 Å². The van der Waals surface area contributed by atoms with E-state index in [1.165, 1.54) is 12.1 Å². The molecule has 0 N–H and O–H groups in total. The first-order valence-electron chi connectivity index (χ1n) is 6.71. The van der Waals surface area contributed by atoms with Crippen LogP contribution in [0.25, 0.3) is 0 Å². The standard InChI is InChI=1S/C16H16BrFN2O/c1-3-20(11(2)12-4-7-14(18)8-5-12)16(21)13-6-9-15(17)19-10-13/h4-11H,3H2,1-2H3. The van der Waals surface area contributed by atoms with Crippen molar-refractivity contribution >= 4 is 21.8 Å². The summed E-state index contributed by atoms with van der Waals surface area (Å²) in [4.78, 5) is 18.4. The van der Waals surface area contributed by atoms with E-state index in [0.717, 1.165) is 5.56 Å². The Labute approximate surface area is 131 Å². The Balaban J connectivity index is 2.23. The first-order valence-corrected chi connectivity index (χ1v) is 7.50. The Morgan fingerprint density at radius 3 is 2.48 bits per heavy atom. The molecule has 2 aromatic rings. The molecule has 0 aliphatic heterocycles. The average molecular weight is 351 g/mol. The summed E-state index contributed by atoms with van der Waals surface area (Å²) in [5.74, 6) is -0.369. The van der Waals surface area contributed by atoms with Crippen LogP contribution in [-0.4, -0.2) is 22.3 Å². The van der Waals surface area contributed by atoms with Crippen molar-refractivity contribution in [2.45, 2.75) is 19.9 Å². The maximum atomic E-state index is 13.0. The zero-order valence-electron chi connectivity index (χ0n) is 11.9. The molecule has 0 fully saturated rings. The minimum absolute atomic E-state index is 0.0886. The number of hydrogen-bond acceptors (Lipinski definition) is 2. The minimum Gasteiger partial charge on any atom is -0.332 e. The summed E-state index contributed by atoms with van der Waals surface area (Å²) in [6.07, 6.45) is 1.55. The Bertz CT molecular complexity index is 613. The molecule has 0 spiro atoms. The Hall–Kier alpha value is -1.75. The molecule has 0 saturated heterocycles. The molecule has 1 aromatic heterocycles. The van der Waals surface area contributed by atoms with E-state index in [-0.39, 0.29) is 17.8 Å². The van der Waals surface area contributed by atoms with Crippen molar-refractivity contribution in [2.75, 3.05) is 6.54 Å². The summed E-state index contributed by atoms with van der Waals surface area (Å²) in [6, 6.07) is 9.57. The number of aromatic nitrogens is 1. The van der Waals surface area contributed by atoms with Crippen LogP contribution in [0, 0.1) is 5.82 Å². The van der Waals surface area contributed by atoms with E-state index in [2.05, 4.69) is 20.9 Å². The molecular weight excluding hydrogens is 335 g/mol. The van der Waals surface area contributed by atoms with E-state index in [0.29, 0.717) is 16.7 Å². The number of carbonyl (C=O) groups is 1. The van der Waals surface area contributed by atoms with Gasteiger partial charge in [0.15, 0.2) is 0 Å². The second-order valence-corrected chi connectivity index (χ2v) is 5.50. The predicted octanol–water partition coefficient (Wildman–Crippen LogP) is 4.21. The maximum Gasteiger partial charge on any atom is 0.255 e. The SMILES string of the molecule is CCN(C(=O)c1ccc(Br)nc1)C(C)c1ccc(F)cc1. The molecule has 21 heavy (non-hydrogen) atoms. The van der Waals surface area contributed by atoms with Gasteiger partial charge < -0.3 is 4.90 Å². The van der Waals surface area contributed by atoms with Crippen molar-refractivity contribution in [3.05, 3.63) is 64.1 Å². The third kappa shape index (κ3) is 3.67. The minimum atomic E-state index is -0.280. The van der Waals surface area contributed by atoms with Crippen molar-refractivity contribution in [1.29, 1.82) is 0 Å². The van der Waals surface area contributed by atoms with E-state index in [9.17, 15) is 9.18 Å². The highest BCUT2D eigenvalue weighted by molar-refractivity contribution is 9.10. The highest BCUT2D eigenvalue weighted by Crippen LogP contribution is 2.22. The van der Waals surface area contributed by atoms with Crippen molar-refractivity contribution in [3.8, 4) is 0 Å². The topological polar surface area (TPSA) is 33.2 Å². The quantitative estimate of drug-likeness (QED) is 0.774. The van der Waals surface area contributed by atoms with E-state index in [1.54, 1.807) is 35.4 Å². The normalized spacial score (nSPS) is 12.0. The third-order valence-electron chi connectivity index (χ3n) is 3.40. The Morgan fingerprint density at radius 2 is 1.95 bits per heavy atom. The fourth-order valence-electron chi connectivity index (χ4n) is 2.18. The lowest BCUT2D eigenvalue weighted by atomic mass is 10.1. The number of hydrogen-bond donors (Lipinski definition) is 0. The van der Waals surface area contributed by atoms with Gasteiger partial charge in [-0.15, -0.1) is 0 Å². The van der Waals surface area contributed by atoms with Gasteiger partial charge >= 0.3 is 0 Å². The van der Waals surface area contributed by atoms with E-state index >= 15 is 0 Å². The van der Waals surface area contributed by atoms with Crippen LogP contribution < -0.4 is 0 Å². The number of carbonyl (C=O) groups excluding carboxylic acids is 1. The Morgan fingerprint density at radius 1 is 1.29 bits per heavy atom. The van der Waals surface area contributed by atoms with Gasteiger partial charge in [-0.05, 0) is 59.6 Å². The number of amides is 1. The van der Waals surface area contributed by atoms with Crippen molar-refractivity contribution in [1.82, 2.24) is 9.88 Å². The van der Waals surface area contributed by atoms with Crippen molar-refractivity contribution < 1.29 is 9.18 Å². The van der Waals surface area contributed by atoms with Gasteiger partial charge in [0.2, 0.25) is 0 Å². The van der Waals surface area contributed by atoms with Gasteiger partial charge in [-0.2, -0.15) is 0 Å². The van der Waals surface area contributed by atoms with Crippen LogP contribution in [0.5, 0.6) is 0 Å². The summed E-state index contributed by atoms with van der Waals surface area (Å²) in [5.41, 5.74) is 1.44. The second-order valence-electron chi connectivity index (χ2n) is 4.69. The largest absolute Gasteiger partial charge is 0.332 e. The molecule has 2 rings (SSSR count). The molecule has 3 nitrogen and oxygen atoms in total. The van der Waals surface area contributed by atoms with E-state index in [4.69, 9.17) is 0 Å². The molecule has 0 radical (unpaired) electrons. The van der Waals surface area contributed by atoms with Crippen LogP contribution in [0.3, 0.4) is 0 Å². The zero-order valence-corrected chi connectivity index (χ0v) is 13.5. The van der Waals surface area contributed by atoms with Gasteiger partial charge in [0.05, 0.1) is 11.6 Å². The van der Waals surface area contributed by atoms with Gasteiger partial charge in [0, 0.05) is 12.7 Å². The molecule has 0 aliphatic rings. The lowest BCUT2D eigenvalue weighted by Crippen LogP contribution is -2.33. The molecule has 1 heterocycles. The number of pyridine rings is 1. The lowest BCUT2D eigenvalue weighted by Gasteiger charge is -2.28. The summed E-state index contributed by atoms with van der Waals surface area (Å²) >= 11 is 3.25. The molecular formula is C16H16BrFN2O. The van der Waals surface area contributed by atoms with Crippen LogP contribution in [-0.2, 0) is 0 Å². The predicted molar refractivity (Wildman–Crippen MR) is 83.5 cm³/mol. The van der Waals surface area contributed by atoms with Gasteiger partial charge in [0.25, 0.3) is 5.91 Å². The molecule has 1 amide bonds. The molecule has 1 atom stereocenters. The molecule has 5 heteroatoms. The highest BCUT2D eigenvalue weighted by Gasteiger charge is 2.21. The molecule has 110 valence electrons. The van der Waals surface area contributed by atoms with Gasteiger partial charge in [-0.1, -0.05) is 12.1 Å². The van der Waals surface area contributed by atoms with Gasteiger partial charge in [0.1, 0.15) is 10.4 Å². The van der Waals surface area contributed by atoms with Crippen molar-refractivity contribution in [2.24, 2.45) is 0 Å². The second kappa shape index (κ2) is 6.80. The average Bonchev–Trinajstić information content (AvgIpc) is 2.49. The number of rotatable bonds is 4. The fourth-order valence-corrected chi connectivity index (χ4v) is 2.42. The first kappa shape index (κ1) is 15.6. The number of benzene rings is 1. The highest BCUT2D eigenvalue weighted by atomic mass is 79.9. The Kier molecular flexibility index (Phi) is 5.07. The number of nitrogens with zero attached hydrogens (tertiary/aromatic N) is 2. The molecule has 0 saturated carbocycles. The maximum absolute atomic E-state index is 13.0. The summed E-state index contributed by atoms with van der Waals surface area (Å²) in [7, 11) is 0. The lowest BCUT2D eigenvalue weighted by molar-refractivity contribution is 0.0702. The first-order chi connectivity index (χ1) is 10.0. The molecule has 1 unspecified atom stereocenters. The monoisotopic (exact) mass is 350 g/mol. The van der Waals surface area contributed by atoms with Crippen molar-refractivity contribution in [3.63, 3.8) is 0 Å². The molecule has 0 bridgehead atoms.